The lowest BCUT2D eigenvalue weighted by Crippen LogP contribution is -2.27. The molecule has 0 unspecified atom stereocenters. The molecule has 0 aromatic carbocycles. The number of hydrogen-bond acceptors (Lipinski definition) is 4. The van der Waals surface area contributed by atoms with Gasteiger partial charge in [-0.1, -0.05) is 0 Å². The van der Waals surface area contributed by atoms with Gasteiger partial charge < -0.3 is 0 Å². The molecule has 110 valence electrons. The summed E-state index contributed by atoms with van der Waals surface area (Å²) in [5.74, 6) is -0.0657. The monoisotopic (exact) mass is 319 g/mol. The molecule has 0 N–H and O–H groups in total. The van der Waals surface area contributed by atoms with E-state index in [4.69, 9.17) is 10.7 Å². The van der Waals surface area contributed by atoms with Gasteiger partial charge in [-0.15, -0.1) is 10.2 Å². The minimum absolute atomic E-state index is 0.0657. The summed E-state index contributed by atoms with van der Waals surface area (Å²) in [6, 6.07) is 0. The van der Waals surface area contributed by atoms with Crippen molar-refractivity contribution < 1.29 is 21.6 Å². The number of aromatic nitrogens is 3. The highest BCUT2D eigenvalue weighted by molar-refractivity contribution is 8.13. The Labute approximate surface area is 113 Å². The van der Waals surface area contributed by atoms with Crippen LogP contribution in [0.3, 0.4) is 0 Å². The van der Waals surface area contributed by atoms with E-state index in [1.54, 1.807) is 20.8 Å². The molecule has 0 saturated carbocycles. The fourth-order valence-corrected chi connectivity index (χ4v) is 2.58. The van der Waals surface area contributed by atoms with Crippen molar-refractivity contribution in [2.45, 2.75) is 50.5 Å². The van der Waals surface area contributed by atoms with E-state index in [1.807, 2.05) is 0 Å². The van der Waals surface area contributed by atoms with Crippen LogP contribution in [0.1, 0.15) is 33.0 Å². The zero-order chi connectivity index (χ0) is 15.1. The van der Waals surface area contributed by atoms with Gasteiger partial charge in [-0.2, -0.15) is 13.2 Å². The van der Waals surface area contributed by atoms with Gasteiger partial charge in [0.05, 0.1) is 6.42 Å². The number of alkyl halides is 3. The van der Waals surface area contributed by atoms with Crippen LogP contribution in [0.25, 0.3) is 0 Å². The van der Waals surface area contributed by atoms with Crippen molar-refractivity contribution in [3.8, 4) is 0 Å². The SMILES string of the molecule is CC(C)(C)n1c(CCC(F)(F)F)nnc1S(=O)(=O)Cl. The fraction of sp³-hybridized carbons (Fsp3) is 0.778. The summed E-state index contributed by atoms with van der Waals surface area (Å²) in [4.78, 5) is 0. The molecule has 1 aromatic heterocycles. The van der Waals surface area contributed by atoms with Crippen LogP contribution in [0.5, 0.6) is 0 Å². The molecule has 0 saturated heterocycles. The van der Waals surface area contributed by atoms with Gasteiger partial charge >= 0.3 is 6.18 Å². The Morgan fingerprint density at radius 2 is 1.74 bits per heavy atom. The van der Waals surface area contributed by atoms with E-state index in [1.165, 1.54) is 0 Å². The van der Waals surface area contributed by atoms with Gasteiger partial charge in [0.25, 0.3) is 14.2 Å². The summed E-state index contributed by atoms with van der Waals surface area (Å²) in [6.07, 6.45) is -5.92. The van der Waals surface area contributed by atoms with Crippen LogP contribution in [0, 0.1) is 0 Å². The van der Waals surface area contributed by atoms with Crippen LogP contribution in [-0.2, 0) is 21.0 Å². The Kier molecular flexibility index (Phi) is 4.21. The number of rotatable bonds is 3. The molecule has 0 radical (unpaired) electrons. The molecule has 0 spiro atoms. The van der Waals surface area contributed by atoms with E-state index < -0.39 is 38.8 Å². The lowest BCUT2D eigenvalue weighted by atomic mass is 10.1. The van der Waals surface area contributed by atoms with Gasteiger partial charge in [-0.3, -0.25) is 4.57 Å². The average molecular weight is 320 g/mol. The van der Waals surface area contributed by atoms with Crippen LogP contribution in [0.15, 0.2) is 5.16 Å². The van der Waals surface area contributed by atoms with Gasteiger partial charge in [0, 0.05) is 22.6 Å². The second-order valence-electron chi connectivity index (χ2n) is 4.96. The van der Waals surface area contributed by atoms with Gasteiger partial charge in [-0.05, 0) is 20.8 Å². The molecule has 1 aromatic rings. The van der Waals surface area contributed by atoms with E-state index in [0.717, 1.165) is 4.57 Å². The largest absolute Gasteiger partial charge is 0.389 e. The molecule has 5 nitrogen and oxygen atoms in total. The van der Waals surface area contributed by atoms with Crippen LogP contribution in [-0.4, -0.2) is 29.4 Å². The van der Waals surface area contributed by atoms with Crippen LogP contribution < -0.4 is 0 Å². The number of halogens is 4. The van der Waals surface area contributed by atoms with Crippen LogP contribution in [0.4, 0.5) is 13.2 Å². The number of aryl methyl sites for hydroxylation is 1. The fourth-order valence-electron chi connectivity index (χ4n) is 1.55. The lowest BCUT2D eigenvalue weighted by Gasteiger charge is -2.24. The molecule has 19 heavy (non-hydrogen) atoms. The second kappa shape index (κ2) is 4.93. The number of hydrogen-bond donors (Lipinski definition) is 0. The minimum Gasteiger partial charge on any atom is -0.295 e. The first-order chi connectivity index (χ1) is 8.32. The third-order valence-corrected chi connectivity index (χ3v) is 3.34. The molecule has 0 amide bonds. The smallest absolute Gasteiger partial charge is 0.295 e. The Bertz CT molecular complexity index is 560. The van der Waals surface area contributed by atoms with Gasteiger partial charge in [-0.25, -0.2) is 8.42 Å². The lowest BCUT2D eigenvalue weighted by molar-refractivity contribution is -0.134. The Hall–Kier alpha value is -0.830. The van der Waals surface area contributed by atoms with Crippen molar-refractivity contribution in [1.82, 2.24) is 14.8 Å². The highest BCUT2D eigenvalue weighted by atomic mass is 35.7. The topological polar surface area (TPSA) is 64.8 Å². The predicted molar refractivity (Wildman–Crippen MR) is 62.4 cm³/mol. The first kappa shape index (κ1) is 16.2. The number of nitrogens with zero attached hydrogens (tertiary/aromatic N) is 3. The van der Waals surface area contributed by atoms with Gasteiger partial charge in [0.15, 0.2) is 0 Å². The van der Waals surface area contributed by atoms with Crippen molar-refractivity contribution >= 4 is 19.7 Å². The van der Waals surface area contributed by atoms with E-state index in [0.29, 0.717) is 0 Å². The summed E-state index contributed by atoms with van der Waals surface area (Å²) >= 11 is 0. The zero-order valence-electron chi connectivity index (χ0n) is 10.5. The first-order valence-corrected chi connectivity index (χ1v) is 7.59. The maximum absolute atomic E-state index is 12.2. The third kappa shape index (κ3) is 4.34. The Morgan fingerprint density at radius 3 is 2.11 bits per heavy atom. The van der Waals surface area contributed by atoms with Crippen molar-refractivity contribution in [3.05, 3.63) is 5.82 Å². The van der Waals surface area contributed by atoms with E-state index in [2.05, 4.69) is 10.2 Å². The van der Waals surface area contributed by atoms with E-state index >= 15 is 0 Å². The summed E-state index contributed by atoms with van der Waals surface area (Å²) in [7, 11) is 1.03. The summed E-state index contributed by atoms with van der Waals surface area (Å²) in [5.41, 5.74) is -0.804. The maximum atomic E-state index is 12.2. The van der Waals surface area contributed by atoms with E-state index in [9.17, 15) is 21.6 Å². The highest BCUT2D eigenvalue weighted by Gasteiger charge is 2.32. The predicted octanol–water partition coefficient (Wildman–Crippen LogP) is 2.46. The summed E-state index contributed by atoms with van der Waals surface area (Å²) in [6.45, 7) is 4.87. The second-order valence-corrected chi connectivity index (χ2v) is 7.42. The van der Waals surface area contributed by atoms with Crippen molar-refractivity contribution in [1.29, 1.82) is 0 Å². The third-order valence-electron chi connectivity index (χ3n) is 2.22. The molecule has 0 aliphatic heterocycles. The molecule has 0 bridgehead atoms. The molecule has 0 aliphatic rings. The molecule has 0 fully saturated rings. The molecule has 1 heterocycles. The standard InChI is InChI=1S/C9H13ClF3N3O2S/c1-8(2,3)16-6(4-5-9(11,12)13)14-15-7(16)19(10,17)18/h4-5H2,1-3H3. The van der Waals surface area contributed by atoms with Crippen molar-refractivity contribution in [2.24, 2.45) is 0 Å². The first-order valence-electron chi connectivity index (χ1n) is 5.28. The molecular formula is C9H13ClF3N3O2S. The average Bonchev–Trinajstić information content (AvgIpc) is 2.55. The van der Waals surface area contributed by atoms with Crippen LogP contribution in [0.2, 0.25) is 0 Å². The zero-order valence-corrected chi connectivity index (χ0v) is 12.1. The Balaban J connectivity index is 3.25. The van der Waals surface area contributed by atoms with E-state index in [-0.39, 0.29) is 5.82 Å². The van der Waals surface area contributed by atoms with Crippen molar-refractivity contribution in [3.63, 3.8) is 0 Å². The van der Waals surface area contributed by atoms with Crippen LogP contribution >= 0.6 is 10.7 Å². The van der Waals surface area contributed by atoms with Gasteiger partial charge in [0.1, 0.15) is 5.82 Å². The quantitative estimate of drug-likeness (QED) is 0.803. The normalized spacial score (nSPS) is 13.8. The molecule has 0 atom stereocenters. The maximum Gasteiger partial charge on any atom is 0.389 e. The molecule has 0 aliphatic carbocycles. The molecular weight excluding hydrogens is 307 g/mol. The highest BCUT2D eigenvalue weighted by Crippen LogP contribution is 2.27. The van der Waals surface area contributed by atoms with Crippen molar-refractivity contribution in [2.75, 3.05) is 0 Å². The van der Waals surface area contributed by atoms with Gasteiger partial charge in [0.2, 0.25) is 0 Å². The molecule has 10 heteroatoms. The summed E-state index contributed by atoms with van der Waals surface area (Å²) < 4.78 is 60.4. The minimum atomic E-state index is -4.35. The summed E-state index contributed by atoms with van der Waals surface area (Å²) in [5, 5.41) is 6.34. The molecule has 1 rings (SSSR count). The Morgan fingerprint density at radius 1 is 1.21 bits per heavy atom.